The molecular weight excluding hydrogens is 347 g/mol. The molecule has 0 aliphatic heterocycles. The molecule has 4 aliphatic rings. The molecule has 2 heteroatoms. The summed E-state index contributed by atoms with van der Waals surface area (Å²) in [7, 11) is 1.75. The van der Waals surface area contributed by atoms with Crippen molar-refractivity contribution in [3.8, 4) is 5.75 Å². The van der Waals surface area contributed by atoms with Gasteiger partial charge < -0.3 is 4.74 Å². The average Bonchev–Trinajstić information content (AvgIpc) is 2.36. The molecule has 0 aromatic heterocycles. The van der Waals surface area contributed by atoms with Gasteiger partial charge in [-0.2, -0.15) is 0 Å². The van der Waals surface area contributed by atoms with Gasteiger partial charge in [-0.3, -0.25) is 0 Å². The first-order chi connectivity index (χ1) is 9.11. The summed E-state index contributed by atoms with van der Waals surface area (Å²) in [5, 5.41) is 0. The molecule has 0 amide bonds. The maximum Gasteiger partial charge on any atom is 0.118 e. The number of benzene rings is 1. The lowest BCUT2D eigenvalue weighted by Gasteiger charge is -2.60. The topological polar surface area (TPSA) is 9.23 Å². The number of hydrogen-bond donors (Lipinski definition) is 0. The number of alkyl halides is 1. The van der Waals surface area contributed by atoms with Crippen LogP contribution < -0.4 is 4.74 Å². The molecule has 0 spiro atoms. The van der Waals surface area contributed by atoms with E-state index in [4.69, 9.17) is 4.74 Å². The van der Waals surface area contributed by atoms with Crippen molar-refractivity contribution < 1.29 is 4.74 Å². The lowest BCUT2D eigenvalue weighted by atomic mass is 9.48. The van der Waals surface area contributed by atoms with Crippen LogP contribution >= 0.6 is 22.6 Å². The fraction of sp³-hybridized carbons (Fsp3) is 0.647. The number of rotatable bonds is 2. The Balaban J connectivity index is 1.72. The van der Waals surface area contributed by atoms with Gasteiger partial charge in [0.1, 0.15) is 5.75 Å². The Morgan fingerprint density at radius 1 is 1.05 bits per heavy atom. The highest BCUT2D eigenvalue weighted by molar-refractivity contribution is 14.1. The monoisotopic (exact) mass is 368 g/mol. The summed E-state index contributed by atoms with van der Waals surface area (Å²) in [6.07, 6.45) is 8.72. The average molecular weight is 368 g/mol. The minimum atomic E-state index is 0.484. The van der Waals surface area contributed by atoms with E-state index in [0.717, 1.165) is 17.6 Å². The van der Waals surface area contributed by atoms with E-state index >= 15 is 0 Å². The summed E-state index contributed by atoms with van der Waals surface area (Å²) in [6, 6.07) is 8.94. The third-order valence-corrected chi connectivity index (χ3v) is 6.95. The molecule has 1 aromatic carbocycles. The number of halogens is 1. The van der Waals surface area contributed by atoms with Crippen LogP contribution in [0.2, 0.25) is 0 Å². The van der Waals surface area contributed by atoms with E-state index in [0.29, 0.717) is 8.84 Å². The number of hydrogen-bond acceptors (Lipinski definition) is 1. The molecule has 102 valence electrons. The van der Waals surface area contributed by atoms with Crippen LogP contribution in [0.25, 0.3) is 0 Å². The molecule has 4 bridgehead atoms. The summed E-state index contributed by atoms with van der Waals surface area (Å²) in [4.78, 5) is 0. The van der Waals surface area contributed by atoms with Gasteiger partial charge in [-0.25, -0.2) is 0 Å². The summed E-state index contributed by atoms with van der Waals surface area (Å²) in [6.45, 7) is 0. The van der Waals surface area contributed by atoms with E-state index < -0.39 is 0 Å². The fourth-order valence-electron chi connectivity index (χ4n) is 5.43. The van der Waals surface area contributed by atoms with E-state index in [2.05, 4.69) is 46.9 Å². The first kappa shape index (κ1) is 12.5. The van der Waals surface area contributed by atoms with Crippen molar-refractivity contribution in [2.24, 2.45) is 11.8 Å². The van der Waals surface area contributed by atoms with Crippen molar-refractivity contribution in [1.82, 2.24) is 0 Å². The predicted octanol–water partition coefficient (Wildman–Crippen LogP) is 4.72. The Morgan fingerprint density at radius 2 is 1.68 bits per heavy atom. The van der Waals surface area contributed by atoms with Crippen molar-refractivity contribution in [3.63, 3.8) is 0 Å². The highest BCUT2D eigenvalue weighted by Gasteiger charge is 2.57. The Labute approximate surface area is 129 Å². The van der Waals surface area contributed by atoms with Gasteiger partial charge in [0.25, 0.3) is 0 Å². The molecule has 4 saturated carbocycles. The standard InChI is InChI=1S/C17H21IO/c1-19-15-4-2-14(3-5-15)16-7-12-6-13(8-16)10-17(18,9-12)11-16/h2-5,12-13H,6-11H2,1H3. The van der Waals surface area contributed by atoms with E-state index in [1.165, 1.54) is 38.5 Å². The van der Waals surface area contributed by atoms with Gasteiger partial charge in [0.15, 0.2) is 0 Å². The minimum absolute atomic E-state index is 0.484. The highest BCUT2D eigenvalue weighted by atomic mass is 127. The van der Waals surface area contributed by atoms with Crippen LogP contribution in [0.5, 0.6) is 5.75 Å². The van der Waals surface area contributed by atoms with Gasteiger partial charge in [-0.05, 0) is 73.5 Å². The molecule has 0 radical (unpaired) electrons. The molecule has 19 heavy (non-hydrogen) atoms. The van der Waals surface area contributed by atoms with Crippen LogP contribution in [0, 0.1) is 11.8 Å². The Kier molecular flexibility index (Phi) is 2.71. The second-order valence-electron chi connectivity index (χ2n) is 7.12. The van der Waals surface area contributed by atoms with E-state index in [1.807, 2.05) is 0 Å². The summed E-state index contributed by atoms with van der Waals surface area (Å²) in [5.41, 5.74) is 2.06. The van der Waals surface area contributed by atoms with Crippen LogP contribution in [0.4, 0.5) is 0 Å². The van der Waals surface area contributed by atoms with Gasteiger partial charge in [0.2, 0.25) is 0 Å². The second-order valence-corrected chi connectivity index (χ2v) is 9.41. The van der Waals surface area contributed by atoms with Crippen molar-refractivity contribution in [1.29, 1.82) is 0 Å². The summed E-state index contributed by atoms with van der Waals surface area (Å²) < 4.78 is 5.91. The zero-order valence-corrected chi connectivity index (χ0v) is 13.7. The zero-order chi connectivity index (χ0) is 13.1. The minimum Gasteiger partial charge on any atom is -0.497 e. The molecule has 4 aliphatic carbocycles. The highest BCUT2D eigenvalue weighted by Crippen LogP contribution is 2.65. The molecule has 0 heterocycles. The molecule has 0 saturated heterocycles. The molecule has 5 rings (SSSR count). The molecule has 0 N–H and O–H groups in total. The molecule has 1 aromatic rings. The number of ether oxygens (including phenoxy) is 1. The van der Waals surface area contributed by atoms with Crippen molar-refractivity contribution in [2.75, 3.05) is 7.11 Å². The molecule has 1 nitrogen and oxygen atoms in total. The third-order valence-electron chi connectivity index (χ3n) is 5.69. The van der Waals surface area contributed by atoms with Crippen molar-refractivity contribution >= 4 is 22.6 Å². The van der Waals surface area contributed by atoms with E-state index in [9.17, 15) is 0 Å². The summed E-state index contributed by atoms with van der Waals surface area (Å²) >= 11 is 2.79. The SMILES string of the molecule is COc1ccc(C23CC4CC(CC(I)(C4)C2)C3)cc1. The number of methoxy groups -OCH3 is 1. The smallest absolute Gasteiger partial charge is 0.118 e. The Bertz CT molecular complexity index is 478. The Morgan fingerprint density at radius 3 is 2.21 bits per heavy atom. The fourth-order valence-corrected chi connectivity index (χ4v) is 7.41. The van der Waals surface area contributed by atoms with E-state index in [1.54, 1.807) is 12.7 Å². The predicted molar refractivity (Wildman–Crippen MR) is 86.1 cm³/mol. The lowest BCUT2D eigenvalue weighted by molar-refractivity contribution is 0.0188. The van der Waals surface area contributed by atoms with Crippen molar-refractivity contribution in [3.05, 3.63) is 29.8 Å². The quantitative estimate of drug-likeness (QED) is 0.542. The third kappa shape index (κ3) is 1.93. The maximum absolute atomic E-state index is 5.31. The first-order valence-corrected chi connectivity index (χ1v) is 8.52. The van der Waals surface area contributed by atoms with E-state index in [-0.39, 0.29) is 0 Å². The normalized spacial score (nSPS) is 43.5. The molecule has 2 unspecified atom stereocenters. The van der Waals surface area contributed by atoms with Crippen LogP contribution in [0.1, 0.15) is 44.1 Å². The zero-order valence-electron chi connectivity index (χ0n) is 11.5. The van der Waals surface area contributed by atoms with Gasteiger partial charge in [-0.1, -0.05) is 34.7 Å². The van der Waals surface area contributed by atoms with Crippen LogP contribution in [-0.4, -0.2) is 10.5 Å². The second kappa shape index (κ2) is 4.12. The van der Waals surface area contributed by atoms with Crippen molar-refractivity contribution in [2.45, 2.75) is 47.4 Å². The van der Waals surface area contributed by atoms with Gasteiger partial charge >= 0.3 is 0 Å². The maximum atomic E-state index is 5.31. The molecule has 2 atom stereocenters. The van der Waals surface area contributed by atoms with Gasteiger partial charge in [-0.15, -0.1) is 0 Å². The van der Waals surface area contributed by atoms with Crippen LogP contribution in [0.15, 0.2) is 24.3 Å². The van der Waals surface area contributed by atoms with Crippen LogP contribution in [0.3, 0.4) is 0 Å². The van der Waals surface area contributed by atoms with Gasteiger partial charge in [0.05, 0.1) is 7.11 Å². The van der Waals surface area contributed by atoms with Gasteiger partial charge in [0, 0.05) is 3.42 Å². The molecular formula is C17H21IO. The summed E-state index contributed by atoms with van der Waals surface area (Å²) in [5.74, 6) is 2.96. The first-order valence-electron chi connectivity index (χ1n) is 7.44. The lowest BCUT2D eigenvalue weighted by Crippen LogP contribution is -2.54. The van der Waals surface area contributed by atoms with Crippen LogP contribution in [-0.2, 0) is 5.41 Å². The Hall–Kier alpha value is -0.250. The molecule has 4 fully saturated rings. The largest absolute Gasteiger partial charge is 0.497 e.